The fourth-order valence-electron chi connectivity index (χ4n) is 7.53. The number of carbonyl (C=O) groups excluding carboxylic acids is 5. The summed E-state index contributed by atoms with van der Waals surface area (Å²) in [4.78, 5) is 71.8. The van der Waals surface area contributed by atoms with Gasteiger partial charge in [0.1, 0.15) is 23.7 Å². The van der Waals surface area contributed by atoms with E-state index >= 15 is 0 Å². The monoisotopic (exact) mass is 741 g/mol. The van der Waals surface area contributed by atoms with Gasteiger partial charge in [0.2, 0.25) is 21.8 Å². The van der Waals surface area contributed by atoms with Crippen LogP contribution in [0.4, 0.5) is 9.59 Å². The van der Waals surface area contributed by atoms with Crippen molar-refractivity contribution in [3.8, 4) is 0 Å². The van der Waals surface area contributed by atoms with E-state index in [0.717, 1.165) is 36.0 Å². The Balaban J connectivity index is 1.29. The first-order chi connectivity index (χ1) is 24.3. The summed E-state index contributed by atoms with van der Waals surface area (Å²) in [5, 5.41) is 4.83. The van der Waals surface area contributed by atoms with Gasteiger partial charge in [-0.25, -0.2) is 18.0 Å². The molecular weight excluding hydrogens is 691 g/mol. The number of rotatable bonds is 6. The molecule has 0 aromatic heterocycles. The maximum Gasteiger partial charge on any atom is 0.410 e. The van der Waals surface area contributed by atoms with Gasteiger partial charge in [-0.3, -0.25) is 24.0 Å². The molecule has 4 bridgehead atoms. The lowest BCUT2D eigenvalue weighted by molar-refractivity contribution is -0.143. The van der Waals surface area contributed by atoms with Crippen LogP contribution in [0.1, 0.15) is 89.8 Å². The van der Waals surface area contributed by atoms with E-state index in [-0.39, 0.29) is 31.4 Å². The van der Waals surface area contributed by atoms with Crippen LogP contribution in [0.5, 0.6) is 0 Å². The molecule has 2 aliphatic carbocycles. The van der Waals surface area contributed by atoms with Gasteiger partial charge >= 0.3 is 12.2 Å². The van der Waals surface area contributed by atoms with Crippen molar-refractivity contribution in [2.45, 2.75) is 122 Å². The molecule has 1 aromatic rings. The number of carbonyl (C=O) groups is 5. The van der Waals surface area contributed by atoms with Crippen LogP contribution < -0.4 is 15.4 Å². The minimum atomic E-state index is -3.91. The zero-order valence-electron chi connectivity index (χ0n) is 30.7. The smallest absolute Gasteiger partial charge is 0.410 e. The number of amides is 5. The van der Waals surface area contributed by atoms with E-state index in [0.29, 0.717) is 25.9 Å². The second kappa shape index (κ2) is 13.7. The van der Waals surface area contributed by atoms with E-state index in [1.165, 1.54) is 11.0 Å². The molecule has 1 saturated heterocycles. The van der Waals surface area contributed by atoms with Crippen molar-refractivity contribution in [1.29, 1.82) is 0 Å². The first-order valence-electron chi connectivity index (χ1n) is 18.1. The molecule has 3 N–H and O–H groups in total. The molecule has 3 heterocycles. The van der Waals surface area contributed by atoms with Gasteiger partial charge in [-0.1, -0.05) is 58.9 Å². The van der Waals surface area contributed by atoms with Gasteiger partial charge in [0, 0.05) is 25.4 Å². The summed E-state index contributed by atoms with van der Waals surface area (Å²) >= 11 is 0. The van der Waals surface area contributed by atoms with Gasteiger partial charge in [0.25, 0.3) is 5.91 Å². The van der Waals surface area contributed by atoms with Crippen molar-refractivity contribution >= 4 is 39.9 Å². The molecule has 0 radical (unpaired) electrons. The predicted molar refractivity (Wildman–Crippen MR) is 190 cm³/mol. The molecule has 2 saturated carbocycles. The average Bonchev–Trinajstić information content (AvgIpc) is 3.95. The Hall–Kier alpha value is -4.14. The summed E-state index contributed by atoms with van der Waals surface area (Å²) in [5.74, 6) is -2.71. The molecule has 0 spiro atoms. The van der Waals surface area contributed by atoms with Gasteiger partial charge in [-0.15, -0.1) is 6.58 Å². The van der Waals surface area contributed by atoms with Gasteiger partial charge in [0.05, 0.1) is 18.4 Å². The molecular formula is C37H51N5O9S. The Labute approximate surface area is 305 Å². The van der Waals surface area contributed by atoms with Crippen molar-refractivity contribution in [2.24, 2.45) is 16.7 Å². The van der Waals surface area contributed by atoms with Gasteiger partial charge in [-0.2, -0.15) is 0 Å². The molecule has 284 valence electrons. The second-order valence-corrected chi connectivity index (χ2v) is 18.8. The number of fused-ring (bicyclic) bond motifs is 3. The third-order valence-corrected chi connectivity index (χ3v) is 12.8. The summed E-state index contributed by atoms with van der Waals surface area (Å²) in [6.45, 7) is 13.8. The van der Waals surface area contributed by atoms with Gasteiger partial charge in [0.15, 0.2) is 0 Å². The van der Waals surface area contributed by atoms with Crippen LogP contribution in [-0.2, 0) is 53.4 Å². The lowest BCUT2D eigenvalue weighted by Crippen LogP contribution is -2.60. The Morgan fingerprint density at radius 1 is 1.10 bits per heavy atom. The Kier molecular flexibility index (Phi) is 9.90. The third kappa shape index (κ3) is 7.79. The highest BCUT2D eigenvalue weighted by atomic mass is 32.2. The fraction of sp³-hybridized carbons (Fsp3) is 0.649. The Morgan fingerprint density at radius 3 is 2.46 bits per heavy atom. The number of hydrogen-bond donors (Lipinski definition) is 3. The van der Waals surface area contributed by atoms with Crippen molar-refractivity contribution in [3.05, 3.63) is 47.5 Å². The van der Waals surface area contributed by atoms with Gasteiger partial charge in [-0.05, 0) is 66.0 Å². The van der Waals surface area contributed by atoms with E-state index in [1.54, 1.807) is 25.7 Å². The first kappa shape index (κ1) is 37.6. The summed E-state index contributed by atoms with van der Waals surface area (Å²) in [5.41, 5.74) is 0.488. The number of nitrogens with one attached hydrogen (secondary N) is 3. The van der Waals surface area contributed by atoms with Crippen LogP contribution in [0.3, 0.4) is 0 Å². The van der Waals surface area contributed by atoms with Crippen LogP contribution in [0.25, 0.3) is 0 Å². The van der Waals surface area contributed by atoms with E-state index in [1.807, 2.05) is 26.0 Å². The molecule has 5 amide bonds. The highest BCUT2D eigenvalue weighted by Gasteiger charge is 2.62. The molecule has 14 nitrogen and oxygen atoms in total. The average molecular weight is 742 g/mol. The third-order valence-electron chi connectivity index (χ3n) is 11.0. The fourth-order valence-corrected chi connectivity index (χ4v) is 8.89. The summed E-state index contributed by atoms with van der Waals surface area (Å²) in [7, 11) is -3.91. The summed E-state index contributed by atoms with van der Waals surface area (Å²) < 4.78 is 39.1. The molecule has 52 heavy (non-hydrogen) atoms. The van der Waals surface area contributed by atoms with E-state index in [9.17, 15) is 32.4 Å². The quantitative estimate of drug-likeness (QED) is 0.369. The maximum atomic E-state index is 14.4. The van der Waals surface area contributed by atoms with Gasteiger partial charge < -0.3 is 25.0 Å². The lowest BCUT2D eigenvalue weighted by atomic mass is 9.85. The van der Waals surface area contributed by atoms with E-state index < -0.39 is 80.2 Å². The van der Waals surface area contributed by atoms with Crippen LogP contribution in [0, 0.1) is 16.7 Å². The highest BCUT2D eigenvalue weighted by Crippen LogP contribution is 2.45. The zero-order valence-corrected chi connectivity index (χ0v) is 31.5. The molecule has 0 unspecified atom stereocenters. The predicted octanol–water partition coefficient (Wildman–Crippen LogP) is 3.28. The van der Waals surface area contributed by atoms with Crippen LogP contribution in [0.2, 0.25) is 0 Å². The number of sulfonamides is 1. The van der Waals surface area contributed by atoms with Crippen LogP contribution >= 0.6 is 0 Å². The number of alkyl carbamates (subject to hydrolysis) is 1. The van der Waals surface area contributed by atoms with Crippen LogP contribution in [-0.4, -0.2) is 90.3 Å². The molecule has 5 atom stereocenters. The first-order valence-corrected chi connectivity index (χ1v) is 19.7. The maximum absolute atomic E-state index is 14.4. The highest BCUT2D eigenvalue weighted by molar-refractivity contribution is 7.91. The standard InChI is InChI=1S/C37H51N5O9S/c1-7-24-17-37(24,32(45)40-52(48,49)26-13-14-26)39-30(43)28-16-25-19-42(28)31(44)29(35(2,3)4)38-33(46)50-21-36(5,6)15-9-12-22-10-8-11-23-18-41(20-27(22)23)34(47)51-25/h7-8,10-11,24-26,28-29H,1,9,12-21H2,2-6H3,(H,38,46)(H,39,43)(H,40,45)/t24-,25-,28+,29-,37-/m1/s1. The van der Waals surface area contributed by atoms with Crippen LogP contribution in [0.15, 0.2) is 30.9 Å². The van der Waals surface area contributed by atoms with Crippen molar-refractivity contribution in [3.63, 3.8) is 0 Å². The molecule has 15 heteroatoms. The molecule has 5 aliphatic rings. The number of benzene rings is 1. The lowest BCUT2D eigenvalue weighted by Gasteiger charge is -2.35. The minimum absolute atomic E-state index is 0.0817. The van der Waals surface area contributed by atoms with E-state index in [2.05, 4.69) is 28.0 Å². The van der Waals surface area contributed by atoms with Crippen molar-refractivity contribution < 1.29 is 41.9 Å². The SMILES string of the molecule is C=C[C@@H]1C[C@]1(NC(=O)[C@@H]1C[C@@H]2CN1C(=O)[C@H](C(C)(C)C)NC(=O)OCC(C)(C)CCCc1cccc3c1CN(C3)C(=O)O2)C(=O)NS(=O)(=O)C1CC1. The van der Waals surface area contributed by atoms with Crippen molar-refractivity contribution in [2.75, 3.05) is 13.2 Å². The Morgan fingerprint density at radius 2 is 1.81 bits per heavy atom. The summed E-state index contributed by atoms with van der Waals surface area (Å²) in [6.07, 6.45) is 2.58. The topological polar surface area (TPSA) is 181 Å². The number of cyclic esters (lactones) is 1. The summed E-state index contributed by atoms with van der Waals surface area (Å²) in [6, 6.07) is 3.69. The normalized spacial score (nSPS) is 29.4. The molecule has 3 fully saturated rings. The Bertz CT molecular complexity index is 1770. The number of nitrogens with zero attached hydrogens (tertiary/aromatic N) is 2. The molecule has 1 aromatic carbocycles. The number of hydrogen-bond acceptors (Lipinski definition) is 9. The van der Waals surface area contributed by atoms with E-state index in [4.69, 9.17) is 9.47 Å². The molecule has 3 aliphatic heterocycles. The second-order valence-electron chi connectivity index (χ2n) is 16.9. The molecule has 6 rings (SSSR count). The minimum Gasteiger partial charge on any atom is -0.449 e. The largest absolute Gasteiger partial charge is 0.449 e. The zero-order chi connectivity index (χ0) is 37.8. The number of ether oxygens (including phenoxy) is 2. The van der Waals surface area contributed by atoms with Crippen molar-refractivity contribution in [1.82, 2.24) is 25.2 Å². The number of aryl methyl sites for hydroxylation is 1.